The van der Waals surface area contributed by atoms with Gasteiger partial charge in [-0.3, -0.25) is 9.36 Å². The highest BCUT2D eigenvalue weighted by Gasteiger charge is 2.16. The lowest BCUT2D eigenvalue weighted by molar-refractivity contribution is 0.686. The Labute approximate surface area is 172 Å². The van der Waals surface area contributed by atoms with Crippen LogP contribution in [-0.4, -0.2) is 9.55 Å². The van der Waals surface area contributed by atoms with Crippen molar-refractivity contribution < 1.29 is 0 Å². The third-order valence-corrected chi connectivity index (χ3v) is 6.58. The van der Waals surface area contributed by atoms with Gasteiger partial charge in [0.25, 0.3) is 5.56 Å². The summed E-state index contributed by atoms with van der Waals surface area (Å²) >= 11 is 7.62. The van der Waals surface area contributed by atoms with Crippen molar-refractivity contribution >= 4 is 33.2 Å². The number of nitrogens with zero attached hydrogens (tertiary/aromatic N) is 2. The highest BCUT2D eigenvalue weighted by atomic mass is 35.5. The van der Waals surface area contributed by atoms with Crippen LogP contribution in [0.15, 0.2) is 59.0 Å². The summed E-state index contributed by atoms with van der Waals surface area (Å²) in [6.07, 6.45) is 6.44. The van der Waals surface area contributed by atoms with Crippen molar-refractivity contribution in [3.63, 3.8) is 0 Å². The quantitative estimate of drug-likeness (QED) is 0.437. The molecule has 28 heavy (non-hydrogen) atoms. The third-order valence-electron chi connectivity index (χ3n) is 5.46. The summed E-state index contributed by atoms with van der Waals surface area (Å²) < 4.78 is 1.67. The number of hydrogen-bond acceptors (Lipinski definition) is 3. The summed E-state index contributed by atoms with van der Waals surface area (Å²) in [7, 11) is 0. The Kier molecular flexibility index (Phi) is 4.53. The van der Waals surface area contributed by atoms with E-state index in [1.807, 2.05) is 24.3 Å². The topological polar surface area (TPSA) is 34.9 Å². The molecule has 2 aromatic carbocycles. The van der Waals surface area contributed by atoms with Crippen molar-refractivity contribution in [2.75, 3.05) is 0 Å². The first kappa shape index (κ1) is 17.7. The van der Waals surface area contributed by atoms with Crippen LogP contribution in [0.3, 0.4) is 0 Å². The van der Waals surface area contributed by atoms with Crippen molar-refractivity contribution in [3.05, 3.63) is 86.2 Å². The third kappa shape index (κ3) is 3.17. The summed E-state index contributed by atoms with van der Waals surface area (Å²) in [6, 6.07) is 14.2. The molecule has 0 amide bonds. The zero-order valence-electron chi connectivity index (χ0n) is 15.3. The van der Waals surface area contributed by atoms with Crippen LogP contribution in [-0.2, 0) is 19.4 Å². The lowest BCUT2D eigenvalue weighted by atomic mass is 9.89. The van der Waals surface area contributed by atoms with Gasteiger partial charge in [0.1, 0.15) is 4.83 Å². The second-order valence-corrected chi connectivity index (χ2v) is 8.62. The average molecular weight is 407 g/mol. The molecule has 1 aliphatic carbocycles. The molecule has 3 nitrogen and oxygen atoms in total. The predicted molar refractivity (Wildman–Crippen MR) is 117 cm³/mol. The number of aryl methyl sites for hydroxylation is 2. The van der Waals surface area contributed by atoms with Crippen molar-refractivity contribution in [1.82, 2.24) is 9.55 Å². The highest BCUT2D eigenvalue weighted by Crippen LogP contribution is 2.33. The molecule has 2 heterocycles. The minimum Gasteiger partial charge on any atom is -0.294 e. The normalized spacial score (nSPS) is 13.6. The standard InChI is InChI=1S/C23H19ClN2OS/c24-19-7-3-4-15(10-19)12-26-14-25-22-21(23(26)27)20(13-28-22)18-9-8-16-5-1-2-6-17(16)11-18/h3-4,7-11,13-14H,1-2,5-6,12H2. The van der Waals surface area contributed by atoms with E-state index in [1.165, 1.54) is 35.3 Å². The molecule has 0 spiro atoms. The monoisotopic (exact) mass is 406 g/mol. The Morgan fingerprint density at radius 1 is 1.07 bits per heavy atom. The summed E-state index contributed by atoms with van der Waals surface area (Å²) in [4.78, 5) is 18.6. The number of rotatable bonds is 3. The lowest BCUT2D eigenvalue weighted by Crippen LogP contribution is -2.21. The SMILES string of the molecule is O=c1c2c(-c3ccc4c(c3)CCCC4)csc2ncn1Cc1cccc(Cl)c1. The molecule has 0 atom stereocenters. The molecular weight excluding hydrogens is 388 g/mol. The Morgan fingerprint density at radius 2 is 1.93 bits per heavy atom. The molecule has 0 saturated carbocycles. The van der Waals surface area contributed by atoms with Crippen molar-refractivity contribution in [2.24, 2.45) is 0 Å². The fraction of sp³-hybridized carbons (Fsp3) is 0.217. The first-order chi connectivity index (χ1) is 13.7. The molecule has 0 bridgehead atoms. The molecule has 1 aliphatic rings. The maximum atomic E-state index is 13.3. The number of thiophene rings is 1. The molecule has 0 radical (unpaired) electrons. The molecule has 4 aromatic rings. The average Bonchev–Trinajstić information content (AvgIpc) is 3.15. The van der Waals surface area contributed by atoms with Gasteiger partial charge in [-0.05, 0) is 60.1 Å². The lowest BCUT2D eigenvalue weighted by Gasteiger charge is -2.16. The van der Waals surface area contributed by atoms with E-state index in [9.17, 15) is 4.79 Å². The Balaban J connectivity index is 1.60. The van der Waals surface area contributed by atoms with Gasteiger partial charge < -0.3 is 0 Å². The van der Waals surface area contributed by atoms with E-state index >= 15 is 0 Å². The second-order valence-electron chi connectivity index (χ2n) is 7.33. The van der Waals surface area contributed by atoms with Crippen LogP contribution in [0.1, 0.15) is 29.5 Å². The number of fused-ring (bicyclic) bond motifs is 2. The van der Waals surface area contributed by atoms with Crippen LogP contribution in [0.2, 0.25) is 5.02 Å². The van der Waals surface area contributed by atoms with Crippen LogP contribution >= 0.6 is 22.9 Å². The summed E-state index contributed by atoms with van der Waals surface area (Å²) in [6.45, 7) is 0.460. The number of aromatic nitrogens is 2. The first-order valence-corrected chi connectivity index (χ1v) is 10.8. The Hall–Kier alpha value is -2.43. The van der Waals surface area contributed by atoms with Gasteiger partial charge in [-0.25, -0.2) is 4.98 Å². The number of halogens is 1. The largest absolute Gasteiger partial charge is 0.294 e. The molecule has 0 fully saturated rings. The van der Waals surface area contributed by atoms with Gasteiger partial charge in [0.15, 0.2) is 0 Å². The van der Waals surface area contributed by atoms with Crippen molar-refractivity contribution in [2.45, 2.75) is 32.2 Å². The van der Waals surface area contributed by atoms with Crippen molar-refractivity contribution in [1.29, 1.82) is 0 Å². The molecule has 2 aromatic heterocycles. The maximum Gasteiger partial charge on any atom is 0.263 e. The summed E-state index contributed by atoms with van der Waals surface area (Å²) in [5.74, 6) is 0. The van der Waals surface area contributed by atoms with E-state index < -0.39 is 0 Å². The fourth-order valence-corrected chi connectivity index (χ4v) is 5.15. The maximum absolute atomic E-state index is 13.3. The van der Waals surface area contributed by atoms with Crippen LogP contribution in [0, 0.1) is 0 Å². The van der Waals surface area contributed by atoms with Gasteiger partial charge in [-0.2, -0.15) is 0 Å². The Bertz CT molecular complexity index is 1240. The molecule has 0 saturated heterocycles. The predicted octanol–water partition coefficient (Wildman–Crippen LogP) is 5.71. The van der Waals surface area contributed by atoms with Crippen LogP contribution in [0.5, 0.6) is 0 Å². The summed E-state index contributed by atoms with van der Waals surface area (Å²) in [5, 5.41) is 3.45. The van der Waals surface area contributed by atoms with Gasteiger partial charge in [-0.1, -0.05) is 41.9 Å². The summed E-state index contributed by atoms with van der Waals surface area (Å²) in [5.41, 5.74) is 5.97. The van der Waals surface area contributed by atoms with Gasteiger partial charge in [0.05, 0.1) is 18.3 Å². The van der Waals surface area contributed by atoms with E-state index in [1.54, 1.807) is 10.9 Å². The van der Waals surface area contributed by atoms with Crippen LogP contribution in [0.4, 0.5) is 0 Å². The molecule has 0 unspecified atom stereocenters. The minimum atomic E-state index is -0.000976. The molecule has 5 heteroatoms. The van der Waals surface area contributed by atoms with Crippen molar-refractivity contribution in [3.8, 4) is 11.1 Å². The van der Waals surface area contributed by atoms with E-state index in [4.69, 9.17) is 11.6 Å². The van der Waals surface area contributed by atoms with Gasteiger partial charge >= 0.3 is 0 Å². The molecule has 0 N–H and O–H groups in total. The highest BCUT2D eigenvalue weighted by molar-refractivity contribution is 7.17. The zero-order chi connectivity index (χ0) is 19.1. The Morgan fingerprint density at radius 3 is 2.79 bits per heavy atom. The molecule has 0 aliphatic heterocycles. The zero-order valence-corrected chi connectivity index (χ0v) is 16.9. The van der Waals surface area contributed by atoms with Crippen LogP contribution in [0.25, 0.3) is 21.3 Å². The smallest absolute Gasteiger partial charge is 0.263 e. The van der Waals surface area contributed by atoms with E-state index in [2.05, 4.69) is 28.6 Å². The van der Waals surface area contributed by atoms with E-state index in [0.717, 1.165) is 34.4 Å². The number of benzene rings is 2. The fourth-order valence-electron chi connectivity index (χ4n) is 4.03. The number of hydrogen-bond donors (Lipinski definition) is 0. The first-order valence-electron chi connectivity index (χ1n) is 9.52. The molecular formula is C23H19ClN2OS. The van der Waals surface area contributed by atoms with Gasteiger partial charge in [0, 0.05) is 16.0 Å². The van der Waals surface area contributed by atoms with E-state index in [-0.39, 0.29) is 5.56 Å². The second kappa shape index (κ2) is 7.19. The molecule has 140 valence electrons. The van der Waals surface area contributed by atoms with E-state index in [0.29, 0.717) is 17.0 Å². The van der Waals surface area contributed by atoms with Gasteiger partial charge in [0.2, 0.25) is 0 Å². The molecule has 5 rings (SSSR count). The van der Waals surface area contributed by atoms with Crippen LogP contribution < -0.4 is 5.56 Å². The minimum absolute atomic E-state index is 0.000976. The van der Waals surface area contributed by atoms with Gasteiger partial charge in [-0.15, -0.1) is 11.3 Å².